The molecule has 0 radical (unpaired) electrons. The van der Waals surface area contributed by atoms with Gasteiger partial charge in [-0.25, -0.2) is 4.98 Å². The maximum Gasteiger partial charge on any atom is 0.108 e. The molecule has 0 N–H and O–H groups in total. The summed E-state index contributed by atoms with van der Waals surface area (Å²) in [5.41, 5.74) is 1.77. The number of hydrogen-bond donors (Lipinski definition) is 0. The highest BCUT2D eigenvalue weighted by molar-refractivity contribution is 7.12. The molecule has 1 heterocycles. The Labute approximate surface area is 100 Å². The maximum absolute atomic E-state index is 5.77. The summed E-state index contributed by atoms with van der Waals surface area (Å²) in [4.78, 5) is 5.99. The topological polar surface area (TPSA) is 12.9 Å². The van der Waals surface area contributed by atoms with Crippen LogP contribution in [0, 0.1) is 5.41 Å². The number of halogens is 2. The van der Waals surface area contributed by atoms with Crippen LogP contribution in [-0.2, 0) is 18.7 Å². The molecule has 1 aliphatic carbocycles. The van der Waals surface area contributed by atoms with Gasteiger partial charge >= 0.3 is 0 Å². The molecule has 0 saturated carbocycles. The van der Waals surface area contributed by atoms with Gasteiger partial charge in [-0.05, 0) is 24.7 Å². The minimum absolute atomic E-state index is 0. The molecule has 0 spiro atoms. The van der Waals surface area contributed by atoms with E-state index >= 15 is 0 Å². The van der Waals surface area contributed by atoms with Crippen molar-refractivity contribution in [2.45, 2.75) is 39.0 Å². The highest BCUT2D eigenvalue weighted by atomic mass is 35.5. The van der Waals surface area contributed by atoms with E-state index < -0.39 is 0 Å². The number of rotatable bonds is 1. The second kappa shape index (κ2) is 4.38. The molecule has 1 aromatic rings. The predicted molar refractivity (Wildman–Crippen MR) is 64.7 cm³/mol. The molecule has 1 aromatic heterocycles. The zero-order chi connectivity index (χ0) is 9.47. The van der Waals surface area contributed by atoms with Crippen molar-refractivity contribution in [3.63, 3.8) is 0 Å². The zero-order valence-corrected chi connectivity index (χ0v) is 10.9. The van der Waals surface area contributed by atoms with Crippen molar-refractivity contribution in [3.8, 4) is 0 Å². The molecule has 0 bridgehead atoms. The minimum atomic E-state index is 0. The highest BCUT2D eigenvalue weighted by Crippen LogP contribution is 2.37. The number of aromatic nitrogens is 1. The fraction of sp³-hybridized carbons (Fsp3) is 0.700. The van der Waals surface area contributed by atoms with Crippen molar-refractivity contribution >= 4 is 35.3 Å². The summed E-state index contributed by atoms with van der Waals surface area (Å²) >= 11 is 7.56. The van der Waals surface area contributed by atoms with E-state index in [0.717, 1.165) is 11.4 Å². The fourth-order valence-electron chi connectivity index (χ4n) is 1.81. The van der Waals surface area contributed by atoms with Crippen LogP contribution < -0.4 is 0 Å². The van der Waals surface area contributed by atoms with Gasteiger partial charge in [0, 0.05) is 4.88 Å². The summed E-state index contributed by atoms with van der Waals surface area (Å²) in [6.45, 7) is 4.66. The first-order chi connectivity index (χ1) is 6.11. The normalized spacial score (nSPS) is 18.5. The molecule has 0 unspecified atom stereocenters. The number of thiazole rings is 1. The lowest BCUT2D eigenvalue weighted by atomic mass is 9.79. The van der Waals surface area contributed by atoms with Gasteiger partial charge in [0.1, 0.15) is 5.01 Å². The van der Waals surface area contributed by atoms with Gasteiger partial charge in [0.15, 0.2) is 0 Å². The molecule has 0 atom stereocenters. The largest absolute Gasteiger partial charge is 0.245 e. The Bertz CT molecular complexity index is 320. The summed E-state index contributed by atoms with van der Waals surface area (Å²) in [6.07, 6.45) is 3.57. The van der Waals surface area contributed by atoms with E-state index in [1.54, 1.807) is 11.3 Å². The van der Waals surface area contributed by atoms with E-state index in [1.165, 1.54) is 23.4 Å². The average molecular weight is 252 g/mol. The first-order valence-corrected chi connectivity index (χ1v) is 5.99. The molecule has 1 aliphatic rings. The van der Waals surface area contributed by atoms with Crippen molar-refractivity contribution in [1.82, 2.24) is 4.98 Å². The van der Waals surface area contributed by atoms with E-state index in [1.807, 2.05) is 0 Å². The van der Waals surface area contributed by atoms with Crippen LogP contribution in [0.5, 0.6) is 0 Å². The molecule has 0 saturated heterocycles. The smallest absolute Gasteiger partial charge is 0.108 e. The number of hydrogen-bond acceptors (Lipinski definition) is 2. The number of alkyl halides is 1. The van der Waals surface area contributed by atoms with Crippen molar-refractivity contribution in [1.29, 1.82) is 0 Å². The number of fused-ring (bicyclic) bond motifs is 1. The summed E-state index contributed by atoms with van der Waals surface area (Å²) in [5, 5.41) is 1.09. The summed E-state index contributed by atoms with van der Waals surface area (Å²) in [5.74, 6) is 0.568. The minimum Gasteiger partial charge on any atom is -0.245 e. The lowest BCUT2D eigenvalue weighted by Gasteiger charge is -2.28. The third-order valence-corrected chi connectivity index (χ3v) is 4.12. The van der Waals surface area contributed by atoms with Gasteiger partial charge < -0.3 is 0 Å². The maximum atomic E-state index is 5.77. The van der Waals surface area contributed by atoms with Crippen molar-refractivity contribution in [3.05, 3.63) is 15.6 Å². The molecule has 14 heavy (non-hydrogen) atoms. The highest BCUT2D eigenvalue weighted by Gasteiger charge is 2.27. The summed E-state index contributed by atoms with van der Waals surface area (Å²) in [7, 11) is 0. The Morgan fingerprint density at radius 2 is 2.21 bits per heavy atom. The molecule has 0 amide bonds. The molecule has 80 valence electrons. The standard InChI is InChI=1S/C10H14ClNS.ClH/c1-10(2)4-3-7-8(5-10)13-9(6-11)12-7;/h3-6H2,1-2H3;1H. The first-order valence-electron chi connectivity index (χ1n) is 4.64. The Morgan fingerprint density at radius 3 is 2.86 bits per heavy atom. The SMILES string of the molecule is CC1(C)CCc2nc(CCl)sc2C1.Cl. The average Bonchev–Trinajstić information content (AvgIpc) is 2.44. The van der Waals surface area contributed by atoms with Crippen LogP contribution in [0.3, 0.4) is 0 Å². The molecule has 4 heteroatoms. The second-order valence-corrected chi connectivity index (χ2v) is 5.89. The van der Waals surface area contributed by atoms with Crippen LogP contribution in [0.1, 0.15) is 35.8 Å². The van der Waals surface area contributed by atoms with Gasteiger partial charge in [-0.3, -0.25) is 0 Å². The Balaban J connectivity index is 0.000000980. The van der Waals surface area contributed by atoms with Gasteiger partial charge in [-0.15, -0.1) is 35.3 Å². The van der Waals surface area contributed by atoms with E-state index in [9.17, 15) is 0 Å². The zero-order valence-electron chi connectivity index (χ0n) is 8.47. The van der Waals surface area contributed by atoms with Gasteiger partial charge in [-0.2, -0.15) is 0 Å². The summed E-state index contributed by atoms with van der Waals surface area (Å²) in [6, 6.07) is 0. The number of nitrogens with zero attached hydrogens (tertiary/aromatic N) is 1. The van der Waals surface area contributed by atoms with Crippen LogP contribution in [0.4, 0.5) is 0 Å². The van der Waals surface area contributed by atoms with Gasteiger partial charge in [-0.1, -0.05) is 13.8 Å². The third-order valence-electron chi connectivity index (χ3n) is 2.61. The second-order valence-electron chi connectivity index (χ2n) is 4.45. The lowest BCUT2D eigenvalue weighted by molar-refractivity contribution is 0.316. The quantitative estimate of drug-likeness (QED) is 0.692. The van der Waals surface area contributed by atoms with Crippen LogP contribution in [0.25, 0.3) is 0 Å². The monoisotopic (exact) mass is 251 g/mol. The Hall–Kier alpha value is 0.210. The van der Waals surface area contributed by atoms with Crippen LogP contribution in [0.15, 0.2) is 0 Å². The van der Waals surface area contributed by atoms with E-state index in [-0.39, 0.29) is 12.4 Å². The van der Waals surface area contributed by atoms with Crippen LogP contribution in [-0.4, -0.2) is 4.98 Å². The van der Waals surface area contributed by atoms with E-state index in [0.29, 0.717) is 11.3 Å². The van der Waals surface area contributed by atoms with Crippen molar-refractivity contribution in [2.24, 2.45) is 5.41 Å². The molecule has 1 nitrogen and oxygen atoms in total. The van der Waals surface area contributed by atoms with Crippen molar-refractivity contribution in [2.75, 3.05) is 0 Å². The van der Waals surface area contributed by atoms with Gasteiger partial charge in [0.05, 0.1) is 11.6 Å². The van der Waals surface area contributed by atoms with Crippen LogP contribution in [0.2, 0.25) is 0 Å². The molecule has 0 fully saturated rings. The fourth-order valence-corrected chi connectivity index (χ4v) is 3.25. The predicted octanol–water partition coefficient (Wildman–Crippen LogP) is 3.82. The molecular weight excluding hydrogens is 237 g/mol. The molecular formula is C10H15Cl2NS. The van der Waals surface area contributed by atoms with Gasteiger partial charge in [0.25, 0.3) is 0 Å². The molecule has 2 rings (SSSR count). The van der Waals surface area contributed by atoms with Crippen molar-refractivity contribution < 1.29 is 0 Å². The number of aryl methyl sites for hydroxylation is 1. The van der Waals surface area contributed by atoms with Crippen LogP contribution >= 0.6 is 35.3 Å². The lowest BCUT2D eigenvalue weighted by Crippen LogP contribution is -2.20. The first kappa shape index (κ1) is 12.3. The Morgan fingerprint density at radius 1 is 1.50 bits per heavy atom. The third kappa shape index (κ3) is 2.41. The van der Waals surface area contributed by atoms with E-state index in [4.69, 9.17) is 11.6 Å². The molecule has 0 aliphatic heterocycles. The summed E-state index contributed by atoms with van der Waals surface area (Å²) < 4.78 is 0. The Kier molecular flexibility index (Phi) is 3.84. The molecule has 0 aromatic carbocycles. The van der Waals surface area contributed by atoms with E-state index in [2.05, 4.69) is 18.8 Å². The van der Waals surface area contributed by atoms with Gasteiger partial charge in [0.2, 0.25) is 0 Å².